The highest BCUT2D eigenvalue weighted by atomic mass is 16.5. The number of rotatable bonds is 7. The van der Waals surface area contributed by atoms with Gasteiger partial charge in [0.15, 0.2) is 5.58 Å². The van der Waals surface area contributed by atoms with Crippen LogP contribution in [-0.2, 0) is 11.3 Å². The minimum absolute atomic E-state index is 0.0655. The van der Waals surface area contributed by atoms with Crippen molar-refractivity contribution < 1.29 is 13.9 Å². The predicted molar refractivity (Wildman–Crippen MR) is 99.3 cm³/mol. The van der Waals surface area contributed by atoms with E-state index in [1.165, 1.54) is 0 Å². The summed E-state index contributed by atoms with van der Waals surface area (Å²) in [4.78, 5) is 24.2. The summed E-state index contributed by atoms with van der Waals surface area (Å²) < 4.78 is 12.1. The number of benzene rings is 2. The van der Waals surface area contributed by atoms with E-state index in [4.69, 9.17) is 9.15 Å². The van der Waals surface area contributed by atoms with E-state index in [2.05, 4.69) is 5.32 Å². The van der Waals surface area contributed by atoms with Gasteiger partial charge in [0.1, 0.15) is 5.75 Å². The minimum atomic E-state index is -0.394. The molecule has 0 spiro atoms. The normalized spacial score (nSPS) is 12.1. The summed E-state index contributed by atoms with van der Waals surface area (Å²) in [6.45, 7) is 2.36. The van der Waals surface area contributed by atoms with Gasteiger partial charge in [-0.25, -0.2) is 4.79 Å². The maximum Gasteiger partial charge on any atom is 0.419 e. The van der Waals surface area contributed by atoms with Gasteiger partial charge >= 0.3 is 5.76 Å². The number of ether oxygens (including phenoxy) is 1. The molecule has 0 fully saturated rings. The van der Waals surface area contributed by atoms with Crippen LogP contribution in [0.1, 0.15) is 31.4 Å². The van der Waals surface area contributed by atoms with E-state index in [1.54, 1.807) is 17.7 Å². The second-order valence-corrected chi connectivity index (χ2v) is 6.12. The number of hydrogen-bond acceptors (Lipinski definition) is 4. The first-order valence-electron chi connectivity index (χ1n) is 8.61. The van der Waals surface area contributed by atoms with Crippen molar-refractivity contribution in [3.63, 3.8) is 0 Å². The van der Waals surface area contributed by atoms with Gasteiger partial charge in [-0.2, -0.15) is 0 Å². The Balaban J connectivity index is 1.57. The first-order valence-corrected chi connectivity index (χ1v) is 8.61. The zero-order chi connectivity index (χ0) is 18.5. The Kier molecular flexibility index (Phi) is 5.41. The van der Waals surface area contributed by atoms with Crippen molar-refractivity contribution in [1.82, 2.24) is 9.88 Å². The molecule has 2 aromatic carbocycles. The second-order valence-electron chi connectivity index (χ2n) is 6.12. The number of aromatic nitrogens is 1. The van der Waals surface area contributed by atoms with Crippen LogP contribution in [0.5, 0.6) is 5.75 Å². The van der Waals surface area contributed by atoms with Crippen LogP contribution >= 0.6 is 0 Å². The van der Waals surface area contributed by atoms with Crippen molar-refractivity contribution in [2.45, 2.75) is 32.4 Å². The lowest BCUT2D eigenvalue weighted by molar-refractivity contribution is -0.121. The zero-order valence-electron chi connectivity index (χ0n) is 14.9. The van der Waals surface area contributed by atoms with Crippen LogP contribution < -0.4 is 15.8 Å². The fourth-order valence-electron chi connectivity index (χ4n) is 3.04. The van der Waals surface area contributed by atoms with Crippen LogP contribution in [0.3, 0.4) is 0 Å². The van der Waals surface area contributed by atoms with Crippen LogP contribution in [-0.4, -0.2) is 17.6 Å². The molecular weight excluding hydrogens is 332 g/mol. The fraction of sp³-hybridized carbons (Fsp3) is 0.300. The molecule has 0 saturated carbocycles. The molecule has 3 rings (SSSR count). The first kappa shape index (κ1) is 17.8. The van der Waals surface area contributed by atoms with Crippen LogP contribution in [0.15, 0.2) is 57.7 Å². The van der Waals surface area contributed by atoms with E-state index >= 15 is 0 Å². The van der Waals surface area contributed by atoms with Crippen molar-refractivity contribution in [3.05, 3.63) is 64.6 Å². The molecule has 1 unspecified atom stereocenters. The number of para-hydroxylation sites is 3. The average molecular weight is 354 g/mol. The number of methoxy groups -OCH3 is 1. The third-order valence-electron chi connectivity index (χ3n) is 4.34. The summed E-state index contributed by atoms with van der Waals surface area (Å²) in [5.74, 6) is 0.287. The van der Waals surface area contributed by atoms with E-state index in [9.17, 15) is 9.59 Å². The van der Waals surface area contributed by atoms with Crippen LogP contribution in [0, 0.1) is 0 Å². The van der Waals surface area contributed by atoms with E-state index in [0.717, 1.165) is 16.8 Å². The zero-order valence-corrected chi connectivity index (χ0v) is 14.9. The number of aryl methyl sites for hydroxylation is 1. The lowest BCUT2D eigenvalue weighted by Gasteiger charge is -2.17. The summed E-state index contributed by atoms with van der Waals surface area (Å²) >= 11 is 0. The molecule has 1 aromatic heterocycles. The van der Waals surface area contributed by atoms with Crippen molar-refractivity contribution in [3.8, 4) is 5.75 Å². The van der Waals surface area contributed by atoms with Crippen molar-refractivity contribution in [2.75, 3.05) is 7.11 Å². The molecule has 0 saturated heterocycles. The number of amides is 1. The van der Waals surface area contributed by atoms with E-state index < -0.39 is 5.76 Å². The van der Waals surface area contributed by atoms with Crippen molar-refractivity contribution in [1.29, 1.82) is 0 Å². The molecule has 0 aliphatic heterocycles. The molecule has 1 atom stereocenters. The number of nitrogens with zero attached hydrogens (tertiary/aromatic N) is 1. The van der Waals surface area contributed by atoms with E-state index in [-0.39, 0.29) is 11.9 Å². The predicted octanol–water partition coefficient (Wildman–Crippen LogP) is 3.26. The van der Waals surface area contributed by atoms with Gasteiger partial charge in [0, 0.05) is 18.5 Å². The monoisotopic (exact) mass is 354 g/mol. The number of nitrogens with one attached hydrogen (secondary N) is 1. The van der Waals surface area contributed by atoms with Gasteiger partial charge in [-0.1, -0.05) is 30.3 Å². The quantitative estimate of drug-likeness (QED) is 0.707. The van der Waals surface area contributed by atoms with Gasteiger partial charge in [0.25, 0.3) is 0 Å². The summed E-state index contributed by atoms with van der Waals surface area (Å²) in [7, 11) is 1.61. The summed E-state index contributed by atoms with van der Waals surface area (Å²) in [6.07, 6.45) is 0.874. The molecule has 0 bridgehead atoms. The van der Waals surface area contributed by atoms with Crippen LogP contribution in [0.2, 0.25) is 0 Å². The van der Waals surface area contributed by atoms with Crippen LogP contribution in [0.25, 0.3) is 11.1 Å². The van der Waals surface area contributed by atoms with Crippen molar-refractivity contribution >= 4 is 17.0 Å². The largest absolute Gasteiger partial charge is 0.496 e. The van der Waals surface area contributed by atoms with Gasteiger partial charge in [-0.05, 0) is 31.5 Å². The maximum atomic E-state index is 12.2. The van der Waals surface area contributed by atoms with Gasteiger partial charge in [0.2, 0.25) is 5.91 Å². The maximum absolute atomic E-state index is 12.2. The molecule has 0 aliphatic rings. The standard InChI is InChI=1S/C20H22N2O4/c1-14(15-8-3-5-10-17(15)25-2)21-19(23)12-7-13-22-16-9-4-6-11-18(16)26-20(22)24/h3-6,8-11,14H,7,12-13H2,1-2H3,(H,21,23). The Morgan fingerprint density at radius 3 is 2.73 bits per heavy atom. The molecule has 6 nitrogen and oxygen atoms in total. The molecule has 136 valence electrons. The molecule has 0 aliphatic carbocycles. The Morgan fingerprint density at radius 1 is 1.19 bits per heavy atom. The first-order chi connectivity index (χ1) is 12.6. The lowest BCUT2D eigenvalue weighted by Crippen LogP contribution is -2.27. The Bertz CT molecular complexity index is 958. The van der Waals surface area contributed by atoms with Gasteiger partial charge in [-0.15, -0.1) is 0 Å². The minimum Gasteiger partial charge on any atom is -0.496 e. The highest BCUT2D eigenvalue weighted by Crippen LogP contribution is 2.24. The fourth-order valence-corrected chi connectivity index (χ4v) is 3.04. The average Bonchev–Trinajstić information content (AvgIpc) is 2.97. The molecule has 3 aromatic rings. The number of fused-ring (bicyclic) bond motifs is 1. The number of carbonyl (C=O) groups is 1. The Morgan fingerprint density at radius 2 is 1.92 bits per heavy atom. The van der Waals surface area contributed by atoms with Gasteiger partial charge in [-0.3, -0.25) is 9.36 Å². The van der Waals surface area contributed by atoms with Crippen molar-refractivity contribution in [2.24, 2.45) is 0 Å². The van der Waals surface area contributed by atoms with E-state index in [1.807, 2.05) is 49.4 Å². The van der Waals surface area contributed by atoms with Gasteiger partial charge in [0.05, 0.1) is 18.7 Å². The highest BCUT2D eigenvalue weighted by Gasteiger charge is 2.14. The molecule has 0 radical (unpaired) electrons. The van der Waals surface area contributed by atoms with Gasteiger partial charge < -0.3 is 14.5 Å². The summed E-state index contributed by atoms with van der Waals surface area (Å²) in [6, 6.07) is 14.7. The number of carbonyl (C=O) groups excluding carboxylic acids is 1. The third kappa shape index (κ3) is 3.79. The highest BCUT2D eigenvalue weighted by molar-refractivity contribution is 5.76. The molecule has 1 amide bonds. The Hall–Kier alpha value is -3.02. The Labute approximate surface area is 151 Å². The smallest absolute Gasteiger partial charge is 0.419 e. The SMILES string of the molecule is COc1ccccc1C(C)NC(=O)CCCn1c(=O)oc2ccccc21. The topological polar surface area (TPSA) is 73.5 Å². The molecule has 26 heavy (non-hydrogen) atoms. The molecule has 1 heterocycles. The lowest BCUT2D eigenvalue weighted by atomic mass is 10.1. The third-order valence-corrected chi connectivity index (χ3v) is 4.34. The number of hydrogen-bond donors (Lipinski definition) is 1. The molecular formula is C20H22N2O4. The van der Waals surface area contributed by atoms with E-state index in [0.29, 0.717) is 25.0 Å². The summed E-state index contributed by atoms with van der Waals surface area (Å²) in [5, 5.41) is 2.97. The second kappa shape index (κ2) is 7.91. The van der Waals surface area contributed by atoms with Crippen LogP contribution in [0.4, 0.5) is 0 Å². The molecule has 6 heteroatoms. The molecule has 1 N–H and O–H groups in total. The summed E-state index contributed by atoms with van der Waals surface area (Å²) in [5.41, 5.74) is 2.24. The number of oxazole rings is 1.